The number of hydrogen-bond donors (Lipinski definition) is 1. The van der Waals surface area contributed by atoms with Crippen molar-refractivity contribution < 1.29 is 9.53 Å². The highest BCUT2D eigenvalue weighted by atomic mass is 16.5. The summed E-state index contributed by atoms with van der Waals surface area (Å²) < 4.78 is 4.67. The van der Waals surface area contributed by atoms with Gasteiger partial charge in [0.15, 0.2) is 0 Å². The Bertz CT molecular complexity index is 552. The molecule has 0 aliphatic rings. The molecular formula is C16H17NO2. The van der Waals surface area contributed by atoms with Crippen LogP contribution in [-0.4, -0.2) is 13.1 Å². The Morgan fingerprint density at radius 1 is 1.11 bits per heavy atom. The van der Waals surface area contributed by atoms with E-state index in [2.05, 4.69) is 4.74 Å². The van der Waals surface area contributed by atoms with E-state index in [4.69, 9.17) is 5.73 Å². The van der Waals surface area contributed by atoms with Gasteiger partial charge in [0, 0.05) is 0 Å². The van der Waals surface area contributed by atoms with Crippen molar-refractivity contribution in [2.45, 2.75) is 12.5 Å². The SMILES string of the molecule is COC(=O)Cc1cccc(C(N)c2ccccc2)c1. The van der Waals surface area contributed by atoms with Crippen LogP contribution < -0.4 is 5.73 Å². The summed E-state index contributed by atoms with van der Waals surface area (Å²) in [4.78, 5) is 11.3. The second-order valence-electron chi connectivity index (χ2n) is 4.39. The van der Waals surface area contributed by atoms with Crippen LogP contribution in [0.15, 0.2) is 54.6 Å². The van der Waals surface area contributed by atoms with Gasteiger partial charge in [-0.25, -0.2) is 0 Å². The van der Waals surface area contributed by atoms with Gasteiger partial charge in [0.25, 0.3) is 0 Å². The molecule has 2 rings (SSSR count). The first-order valence-corrected chi connectivity index (χ1v) is 6.17. The van der Waals surface area contributed by atoms with E-state index in [0.717, 1.165) is 16.7 Å². The minimum atomic E-state index is -0.245. The van der Waals surface area contributed by atoms with Crippen molar-refractivity contribution in [3.8, 4) is 0 Å². The maximum Gasteiger partial charge on any atom is 0.309 e. The minimum Gasteiger partial charge on any atom is -0.469 e. The molecule has 0 radical (unpaired) electrons. The van der Waals surface area contributed by atoms with E-state index in [1.54, 1.807) is 0 Å². The number of carbonyl (C=O) groups excluding carboxylic acids is 1. The minimum absolute atomic E-state index is 0.182. The Morgan fingerprint density at radius 3 is 2.47 bits per heavy atom. The van der Waals surface area contributed by atoms with Crippen molar-refractivity contribution >= 4 is 5.97 Å². The van der Waals surface area contributed by atoms with Gasteiger partial charge in [-0.3, -0.25) is 4.79 Å². The van der Waals surface area contributed by atoms with Crippen molar-refractivity contribution in [3.63, 3.8) is 0 Å². The standard InChI is InChI=1S/C16H17NO2/c1-19-15(18)11-12-6-5-9-14(10-12)16(17)13-7-3-2-4-8-13/h2-10,16H,11,17H2,1H3. The van der Waals surface area contributed by atoms with Crippen LogP contribution in [0.4, 0.5) is 0 Å². The van der Waals surface area contributed by atoms with E-state index in [0.29, 0.717) is 0 Å². The van der Waals surface area contributed by atoms with Crippen molar-refractivity contribution in [2.24, 2.45) is 5.73 Å². The van der Waals surface area contributed by atoms with Gasteiger partial charge in [-0.2, -0.15) is 0 Å². The third kappa shape index (κ3) is 3.42. The molecule has 3 nitrogen and oxygen atoms in total. The number of methoxy groups -OCH3 is 1. The van der Waals surface area contributed by atoms with Gasteiger partial charge in [0.05, 0.1) is 19.6 Å². The van der Waals surface area contributed by atoms with Crippen molar-refractivity contribution in [2.75, 3.05) is 7.11 Å². The highest BCUT2D eigenvalue weighted by molar-refractivity contribution is 5.72. The lowest BCUT2D eigenvalue weighted by Crippen LogP contribution is -2.12. The summed E-state index contributed by atoms with van der Waals surface area (Å²) in [5.41, 5.74) is 9.19. The molecule has 3 heteroatoms. The Morgan fingerprint density at radius 2 is 1.79 bits per heavy atom. The van der Waals surface area contributed by atoms with E-state index >= 15 is 0 Å². The fourth-order valence-corrected chi connectivity index (χ4v) is 1.99. The van der Waals surface area contributed by atoms with E-state index in [-0.39, 0.29) is 18.4 Å². The third-order valence-electron chi connectivity index (χ3n) is 3.04. The Labute approximate surface area is 113 Å². The zero-order chi connectivity index (χ0) is 13.7. The number of ether oxygens (including phenoxy) is 1. The van der Waals surface area contributed by atoms with E-state index in [1.807, 2.05) is 54.6 Å². The third-order valence-corrected chi connectivity index (χ3v) is 3.04. The molecule has 0 amide bonds. The van der Waals surface area contributed by atoms with Crippen LogP contribution in [0, 0.1) is 0 Å². The van der Waals surface area contributed by atoms with Crippen LogP contribution in [0.25, 0.3) is 0 Å². The molecule has 0 fully saturated rings. The normalized spacial score (nSPS) is 11.9. The summed E-state index contributed by atoms with van der Waals surface area (Å²) in [5.74, 6) is -0.245. The maximum absolute atomic E-state index is 11.3. The Kier molecular flexibility index (Phi) is 4.31. The highest BCUT2D eigenvalue weighted by Gasteiger charge is 2.10. The molecule has 0 heterocycles. The Hall–Kier alpha value is -2.13. The van der Waals surface area contributed by atoms with Crippen molar-refractivity contribution in [3.05, 3.63) is 71.3 Å². The average Bonchev–Trinajstić information content (AvgIpc) is 2.47. The first-order valence-electron chi connectivity index (χ1n) is 6.17. The molecule has 2 N–H and O–H groups in total. The topological polar surface area (TPSA) is 52.3 Å². The smallest absolute Gasteiger partial charge is 0.309 e. The molecular weight excluding hydrogens is 238 g/mol. The van der Waals surface area contributed by atoms with Gasteiger partial charge in [-0.05, 0) is 16.7 Å². The quantitative estimate of drug-likeness (QED) is 0.854. The van der Waals surface area contributed by atoms with Gasteiger partial charge >= 0.3 is 5.97 Å². The summed E-state index contributed by atoms with van der Waals surface area (Å²) in [7, 11) is 1.39. The summed E-state index contributed by atoms with van der Waals surface area (Å²) >= 11 is 0. The van der Waals surface area contributed by atoms with Gasteiger partial charge in [0.2, 0.25) is 0 Å². The second-order valence-corrected chi connectivity index (χ2v) is 4.39. The highest BCUT2D eigenvalue weighted by Crippen LogP contribution is 2.20. The molecule has 0 saturated heterocycles. The predicted molar refractivity (Wildman–Crippen MR) is 74.6 cm³/mol. The summed E-state index contributed by atoms with van der Waals surface area (Å²) in [5, 5.41) is 0. The number of esters is 1. The molecule has 0 aliphatic carbocycles. The zero-order valence-corrected chi connectivity index (χ0v) is 10.9. The fraction of sp³-hybridized carbons (Fsp3) is 0.188. The lowest BCUT2D eigenvalue weighted by molar-refractivity contribution is -0.139. The van der Waals surface area contributed by atoms with Gasteiger partial charge in [0.1, 0.15) is 0 Å². The number of carbonyl (C=O) groups is 1. The van der Waals surface area contributed by atoms with Crippen LogP contribution in [0.1, 0.15) is 22.7 Å². The molecule has 0 aromatic heterocycles. The van der Waals surface area contributed by atoms with Crippen molar-refractivity contribution in [1.82, 2.24) is 0 Å². The first kappa shape index (κ1) is 13.3. The molecule has 98 valence electrons. The largest absolute Gasteiger partial charge is 0.469 e. The lowest BCUT2D eigenvalue weighted by Gasteiger charge is -2.13. The fourth-order valence-electron chi connectivity index (χ4n) is 1.99. The molecule has 0 aliphatic heterocycles. The zero-order valence-electron chi connectivity index (χ0n) is 10.9. The Balaban J connectivity index is 2.21. The molecule has 1 atom stereocenters. The molecule has 19 heavy (non-hydrogen) atoms. The molecule has 2 aromatic rings. The number of hydrogen-bond acceptors (Lipinski definition) is 3. The molecule has 0 bridgehead atoms. The van der Waals surface area contributed by atoms with Gasteiger partial charge in [-0.1, -0.05) is 54.6 Å². The van der Waals surface area contributed by atoms with E-state index in [1.165, 1.54) is 7.11 Å². The number of nitrogens with two attached hydrogens (primary N) is 1. The van der Waals surface area contributed by atoms with Crippen molar-refractivity contribution in [1.29, 1.82) is 0 Å². The van der Waals surface area contributed by atoms with Crippen LogP contribution in [-0.2, 0) is 16.0 Å². The monoisotopic (exact) mass is 255 g/mol. The number of benzene rings is 2. The lowest BCUT2D eigenvalue weighted by atomic mass is 9.97. The maximum atomic E-state index is 11.3. The van der Waals surface area contributed by atoms with Gasteiger partial charge < -0.3 is 10.5 Å². The predicted octanol–water partition coefficient (Wildman–Crippen LogP) is 2.45. The first-order chi connectivity index (χ1) is 9.20. The summed E-state index contributed by atoms with van der Waals surface area (Å²) in [6.45, 7) is 0. The molecule has 0 spiro atoms. The average molecular weight is 255 g/mol. The van der Waals surface area contributed by atoms with Crippen LogP contribution >= 0.6 is 0 Å². The molecule has 0 saturated carbocycles. The summed E-state index contributed by atoms with van der Waals surface area (Å²) in [6, 6.07) is 17.4. The summed E-state index contributed by atoms with van der Waals surface area (Å²) in [6.07, 6.45) is 0.270. The van der Waals surface area contributed by atoms with Crippen LogP contribution in [0.3, 0.4) is 0 Å². The molecule has 2 aromatic carbocycles. The van der Waals surface area contributed by atoms with Crippen LogP contribution in [0.5, 0.6) is 0 Å². The molecule has 1 unspecified atom stereocenters. The number of rotatable bonds is 4. The second kappa shape index (κ2) is 6.16. The van der Waals surface area contributed by atoms with Crippen LogP contribution in [0.2, 0.25) is 0 Å². The van der Waals surface area contributed by atoms with E-state index in [9.17, 15) is 4.79 Å². The van der Waals surface area contributed by atoms with Gasteiger partial charge in [-0.15, -0.1) is 0 Å². The van der Waals surface area contributed by atoms with E-state index < -0.39 is 0 Å².